The summed E-state index contributed by atoms with van der Waals surface area (Å²) in [5, 5.41) is 0. The third-order valence-electron chi connectivity index (χ3n) is 4.63. The van der Waals surface area contributed by atoms with Crippen LogP contribution in [-0.2, 0) is 13.0 Å². The lowest BCUT2D eigenvalue weighted by Crippen LogP contribution is -3.00. The predicted octanol–water partition coefficient (Wildman–Crippen LogP) is 1.54. The van der Waals surface area contributed by atoms with Crippen molar-refractivity contribution in [1.29, 1.82) is 0 Å². The molecule has 5 heteroatoms. The minimum absolute atomic E-state index is 0. The average molecular weight is 464 g/mol. The molecule has 3 aromatic rings. The van der Waals surface area contributed by atoms with Gasteiger partial charge in [0.1, 0.15) is 17.6 Å². The van der Waals surface area contributed by atoms with Crippen molar-refractivity contribution in [2.75, 3.05) is 7.11 Å². The summed E-state index contributed by atoms with van der Waals surface area (Å²) in [5.74, 6) is 2.27. The number of benzene rings is 2. The Morgan fingerprint density at radius 1 is 1.00 bits per heavy atom. The van der Waals surface area contributed by atoms with E-state index in [0.717, 1.165) is 23.2 Å². The first-order valence-electron chi connectivity index (χ1n) is 8.31. The van der Waals surface area contributed by atoms with Crippen molar-refractivity contribution in [2.24, 2.45) is 0 Å². The highest BCUT2D eigenvalue weighted by Crippen LogP contribution is 2.28. The van der Waals surface area contributed by atoms with Gasteiger partial charge in [-0.25, -0.2) is 4.57 Å². The van der Waals surface area contributed by atoms with Crippen molar-refractivity contribution in [2.45, 2.75) is 25.8 Å². The molecule has 0 amide bonds. The van der Waals surface area contributed by atoms with Crippen LogP contribution in [-0.4, -0.2) is 11.7 Å². The Morgan fingerprint density at radius 3 is 2.40 bits per heavy atom. The third-order valence-corrected chi connectivity index (χ3v) is 5.16. The molecule has 0 N–H and O–H groups in total. The topological polar surface area (TPSA) is 18.0 Å². The number of hydrogen-bond acceptors (Lipinski definition) is 1. The van der Waals surface area contributed by atoms with E-state index in [1.165, 1.54) is 35.6 Å². The normalized spacial score (nSPS) is 13.0. The number of methoxy groups -OCH3 is 1. The van der Waals surface area contributed by atoms with Crippen LogP contribution >= 0.6 is 15.9 Å². The molecule has 0 bridgehead atoms. The molecule has 0 radical (unpaired) electrons. The van der Waals surface area contributed by atoms with Gasteiger partial charge in [-0.1, -0.05) is 15.9 Å². The fraction of sp³-hybridized carbons (Fsp3) is 0.250. The SMILES string of the molecule is COc1ccc(-n2c(-c3ccc(Br)cc3)c[n+]3c2CCCC3)cc1.[Br-]. The molecule has 0 saturated carbocycles. The van der Waals surface area contributed by atoms with E-state index in [1.807, 2.05) is 12.1 Å². The lowest BCUT2D eigenvalue weighted by atomic mass is 10.1. The molecule has 1 aromatic heterocycles. The fourth-order valence-electron chi connectivity index (χ4n) is 3.41. The first-order valence-corrected chi connectivity index (χ1v) is 9.10. The maximum Gasteiger partial charge on any atom is 0.262 e. The molecule has 0 saturated heterocycles. The number of fused-ring (bicyclic) bond motifs is 1. The van der Waals surface area contributed by atoms with Crippen LogP contribution in [0.4, 0.5) is 0 Å². The van der Waals surface area contributed by atoms with E-state index >= 15 is 0 Å². The summed E-state index contributed by atoms with van der Waals surface area (Å²) < 4.78 is 11.2. The average Bonchev–Trinajstić information content (AvgIpc) is 3.02. The van der Waals surface area contributed by atoms with Gasteiger partial charge in [0.2, 0.25) is 0 Å². The quantitative estimate of drug-likeness (QED) is 0.539. The molecule has 25 heavy (non-hydrogen) atoms. The minimum atomic E-state index is 0. The molecule has 2 heterocycles. The smallest absolute Gasteiger partial charge is 0.262 e. The van der Waals surface area contributed by atoms with Crippen LogP contribution in [0.2, 0.25) is 0 Å². The minimum Gasteiger partial charge on any atom is -1.00 e. The second-order valence-corrected chi connectivity index (χ2v) is 7.04. The van der Waals surface area contributed by atoms with Crippen molar-refractivity contribution in [3.8, 4) is 22.7 Å². The van der Waals surface area contributed by atoms with Crippen molar-refractivity contribution in [3.63, 3.8) is 0 Å². The second kappa shape index (κ2) is 7.75. The molecule has 4 rings (SSSR count). The van der Waals surface area contributed by atoms with Gasteiger partial charge in [0.05, 0.1) is 13.7 Å². The molecule has 1 aliphatic heterocycles. The largest absolute Gasteiger partial charge is 1.00 e. The van der Waals surface area contributed by atoms with Crippen molar-refractivity contribution < 1.29 is 26.3 Å². The van der Waals surface area contributed by atoms with E-state index in [9.17, 15) is 0 Å². The van der Waals surface area contributed by atoms with Gasteiger partial charge < -0.3 is 21.7 Å². The summed E-state index contributed by atoms with van der Waals surface area (Å²) >= 11 is 3.53. The molecule has 0 spiro atoms. The van der Waals surface area contributed by atoms with Crippen LogP contribution in [0.25, 0.3) is 16.9 Å². The molecular weight excluding hydrogens is 444 g/mol. The van der Waals surface area contributed by atoms with Crippen LogP contribution in [0.5, 0.6) is 5.75 Å². The van der Waals surface area contributed by atoms with E-state index in [-0.39, 0.29) is 17.0 Å². The summed E-state index contributed by atoms with van der Waals surface area (Å²) in [5.41, 5.74) is 3.66. The molecule has 0 aliphatic carbocycles. The number of aromatic nitrogens is 2. The molecule has 2 aromatic carbocycles. The van der Waals surface area contributed by atoms with Gasteiger partial charge >= 0.3 is 0 Å². The first-order chi connectivity index (χ1) is 11.8. The Kier molecular flexibility index (Phi) is 5.64. The van der Waals surface area contributed by atoms with Crippen molar-refractivity contribution in [3.05, 3.63) is 65.0 Å². The number of hydrogen-bond donors (Lipinski definition) is 0. The van der Waals surface area contributed by atoms with E-state index < -0.39 is 0 Å². The summed E-state index contributed by atoms with van der Waals surface area (Å²) in [7, 11) is 1.70. The lowest BCUT2D eigenvalue weighted by molar-refractivity contribution is -0.708. The van der Waals surface area contributed by atoms with Crippen molar-refractivity contribution >= 4 is 15.9 Å². The predicted molar refractivity (Wildman–Crippen MR) is 98.6 cm³/mol. The standard InChI is InChI=1S/C20H20BrN2O.BrH/c1-24-18-11-9-17(10-12-18)23-19(15-5-7-16(21)8-6-15)14-22-13-3-2-4-20(22)23;/h5-12,14H,2-4,13H2,1H3;1H/q+1;/p-1. The Labute approximate surface area is 167 Å². The van der Waals surface area contributed by atoms with E-state index in [4.69, 9.17) is 4.74 Å². The molecule has 3 nitrogen and oxygen atoms in total. The summed E-state index contributed by atoms with van der Waals surface area (Å²) in [4.78, 5) is 0. The van der Waals surface area contributed by atoms with Crippen LogP contribution in [0.15, 0.2) is 59.2 Å². The summed E-state index contributed by atoms with van der Waals surface area (Å²) in [6.07, 6.45) is 5.91. The van der Waals surface area contributed by atoms with Crippen LogP contribution in [0, 0.1) is 0 Å². The molecule has 0 atom stereocenters. The number of imidazole rings is 1. The zero-order valence-electron chi connectivity index (χ0n) is 14.1. The van der Waals surface area contributed by atoms with Gasteiger partial charge in [-0.15, -0.1) is 0 Å². The molecular formula is C20H20Br2N2O. The fourth-order valence-corrected chi connectivity index (χ4v) is 3.67. The zero-order valence-corrected chi connectivity index (χ0v) is 17.3. The Hall–Kier alpha value is -1.59. The van der Waals surface area contributed by atoms with Crippen LogP contribution in [0.3, 0.4) is 0 Å². The van der Waals surface area contributed by atoms with E-state index in [0.29, 0.717) is 0 Å². The lowest BCUT2D eigenvalue weighted by Gasteiger charge is -2.10. The number of aryl methyl sites for hydroxylation is 1. The Bertz CT molecular complexity index is 855. The second-order valence-electron chi connectivity index (χ2n) is 6.12. The highest BCUT2D eigenvalue weighted by atomic mass is 79.9. The van der Waals surface area contributed by atoms with Crippen LogP contribution in [0.1, 0.15) is 18.7 Å². The monoisotopic (exact) mass is 462 g/mol. The third kappa shape index (κ3) is 3.53. The van der Waals surface area contributed by atoms with Gasteiger partial charge in [-0.2, -0.15) is 4.57 Å². The maximum absolute atomic E-state index is 5.31. The Balaban J connectivity index is 0.00000182. The van der Waals surface area contributed by atoms with E-state index in [2.05, 4.69) is 67.7 Å². The number of nitrogens with zero attached hydrogens (tertiary/aromatic N) is 2. The number of halogens is 2. The van der Waals surface area contributed by atoms with Gasteiger partial charge in [0.15, 0.2) is 5.69 Å². The van der Waals surface area contributed by atoms with Crippen molar-refractivity contribution in [1.82, 2.24) is 4.57 Å². The summed E-state index contributed by atoms with van der Waals surface area (Å²) in [6.45, 7) is 1.10. The summed E-state index contributed by atoms with van der Waals surface area (Å²) in [6, 6.07) is 16.9. The Morgan fingerprint density at radius 2 is 1.72 bits per heavy atom. The van der Waals surface area contributed by atoms with Gasteiger partial charge in [0, 0.05) is 16.5 Å². The van der Waals surface area contributed by atoms with Crippen LogP contribution < -0.4 is 26.3 Å². The molecule has 1 aliphatic rings. The highest BCUT2D eigenvalue weighted by Gasteiger charge is 2.27. The van der Waals surface area contributed by atoms with Gasteiger partial charge in [-0.05, 0) is 61.4 Å². The number of rotatable bonds is 3. The van der Waals surface area contributed by atoms with Gasteiger partial charge in [0.25, 0.3) is 5.82 Å². The molecule has 0 unspecified atom stereocenters. The van der Waals surface area contributed by atoms with E-state index in [1.54, 1.807) is 7.11 Å². The molecule has 0 fully saturated rings. The van der Waals surface area contributed by atoms with Gasteiger partial charge in [-0.3, -0.25) is 0 Å². The zero-order chi connectivity index (χ0) is 16.5. The highest BCUT2D eigenvalue weighted by molar-refractivity contribution is 9.10. The molecule has 130 valence electrons. The maximum atomic E-state index is 5.31. The first kappa shape index (κ1) is 18.2. The number of ether oxygens (including phenoxy) is 1.